The van der Waals surface area contributed by atoms with Crippen LogP contribution in [0.2, 0.25) is 0 Å². The highest BCUT2D eigenvalue weighted by atomic mass is 19.1. The lowest BCUT2D eigenvalue weighted by Crippen LogP contribution is -2.16. The highest BCUT2D eigenvalue weighted by Gasteiger charge is 2.21. The summed E-state index contributed by atoms with van der Waals surface area (Å²) in [5.41, 5.74) is 1.87. The standard InChI is InChI=1S/C17H17F2NO/c1-21-14-6-7-15(17(19)9-14)16-8-12(18)3-2-11(16)10-20-13-4-5-13/h2-3,6-9,13,20H,4-5,10H2,1H3. The van der Waals surface area contributed by atoms with Gasteiger partial charge in [-0.2, -0.15) is 0 Å². The summed E-state index contributed by atoms with van der Waals surface area (Å²) in [6.45, 7) is 0.617. The second kappa shape index (κ2) is 5.82. The third kappa shape index (κ3) is 3.22. The lowest BCUT2D eigenvalue weighted by Gasteiger charge is -2.12. The predicted octanol–water partition coefficient (Wildman–Crippen LogP) is 3.89. The molecule has 1 aliphatic carbocycles. The van der Waals surface area contributed by atoms with Crippen LogP contribution in [0.15, 0.2) is 36.4 Å². The summed E-state index contributed by atoms with van der Waals surface area (Å²) in [5.74, 6) is -0.326. The molecule has 0 aromatic heterocycles. The van der Waals surface area contributed by atoms with Crippen molar-refractivity contribution in [3.05, 3.63) is 53.6 Å². The van der Waals surface area contributed by atoms with Gasteiger partial charge in [-0.25, -0.2) is 8.78 Å². The molecule has 110 valence electrons. The van der Waals surface area contributed by atoms with E-state index in [4.69, 9.17) is 4.74 Å². The van der Waals surface area contributed by atoms with E-state index in [0.29, 0.717) is 29.5 Å². The van der Waals surface area contributed by atoms with Crippen molar-refractivity contribution in [3.63, 3.8) is 0 Å². The van der Waals surface area contributed by atoms with Crippen molar-refractivity contribution in [1.82, 2.24) is 5.32 Å². The molecule has 4 heteroatoms. The number of benzene rings is 2. The average Bonchev–Trinajstić information content (AvgIpc) is 3.30. The van der Waals surface area contributed by atoms with Crippen molar-refractivity contribution in [2.45, 2.75) is 25.4 Å². The molecular weight excluding hydrogens is 272 g/mol. The lowest BCUT2D eigenvalue weighted by atomic mass is 9.98. The minimum atomic E-state index is -0.410. The molecule has 3 rings (SSSR count). The fourth-order valence-electron chi connectivity index (χ4n) is 2.34. The third-order valence-corrected chi connectivity index (χ3v) is 3.70. The molecule has 1 saturated carbocycles. The molecule has 1 aliphatic rings. The van der Waals surface area contributed by atoms with Crippen LogP contribution in [0.5, 0.6) is 5.75 Å². The SMILES string of the molecule is COc1ccc(-c2cc(F)ccc2CNC2CC2)c(F)c1. The van der Waals surface area contributed by atoms with Gasteiger partial charge in [0.25, 0.3) is 0 Å². The maximum Gasteiger partial charge on any atom is 0.134 e. The van der Waals surface area contributed by atoms with Gasteiger partial charge in [0, 0.05) is 24.2 Å². The monoisotopic (exact) mass is 289 g/mol. The number of hydrogen-bond acceptors (Lipinski definition) is 2. The molecule has 0 amide bonds. The quantitative estimate of drug-likeness (QED) is 0.901. The minimum Gasteiger partial charge on any atom is -0.497 e. The van der Waals surface area contributed by atoms with Crippen LogP contribution < -0.4 is 10.1 Å². The van der Waals surface area contributed by atoms with Gasteiger partial charge < -0.3 is 10.1 Å². The Hall–Kier alpha value is -1.94. The van der Waals surface area contributed by atoms with E-state index in [1.54, 1.807) is 18.2 Å². The van der Waals surface area contributed by atoms with Gasteiger partial charge in [-0.15, -0.1) is 0 Å². The van der Waals surface area contributed by atoms with Crippen LogP contribution in [-0.2, 0) is 6.54 Å². The van der Waals surface area contributed by atoms with Crippen LogP contribution in [0, 0.1) is 11.6 Å². The summed E-state index contributed by atoms with van der Waals surface area (Å²) in [4.78, 5) is 0. The van der Waals surface area contributed by atoms with Crippen LogP contribution >= 0.6 is 0 Å². The molecule has 0 aliphatic heterocycles. The maximum atomic E-state index is 14.2. The third-order valence-electron chi connectivity index (χ3n) is 3.70. The Morgan fingerprint density at radius 1 is 1.10 bits per heavy atom. The largest absolute Gasteiger partial charge is 0.497 e. The van der Waals surface area contributed by atoms with Crippen LogP contribution in [0.25, 0.3) is 11.1 Å². The van der Waals surface area contributed by atoms with Crippen molar-refractivity contribution < 1.29 is 13.5 Å². The molecule has 0 heterocycles. The van der Waals surface area contributed by atoms with E-state index >= 15 is 0 Å². The molecule has 1 N–H and O–H groups in total. The van der Waals surface area contributed by atoms with Gasteiger partial charge in [-0.3, -0.25) is 0 Å². The number of methoxy groups -OCH3 is 1. The average molecular weight is 289 g/mol. The number of halogens is 2. The summed E-state index contributed by atoms with van der Waals surface area (Å²) in [6.07, 6.45) is 2.35. The first-order valence-corrected chi connectivity index (χ1v) is 7.03. The first kappa shape index (κ1) is 14.0. The highest BCUT2D eigenvalue weighted by Crippen LogP contribution is 2.30. The second-order valence-corrected chi connectivity index (χ2v) is 5.30. The zero-order chi connectivity index (χ0) is 14.8. The zero-order valence-electron chi connectivity index (χ0n) is 11.8. The summed E-state index contributed by atoms with van der Waals surface area (Å²) in [5, 5.41) is 3.37. The molecule has 0 unspecified atom stereocenters. The van der Waals surface area contributed by atoms with E-state index < -0.39 is 5.82 Å². The van der Waals surface area contributed by atoms with E-state index in [1.165, 1.54) is 38.2 Å². The fourth-order valence-corrected chi connectivity index (χ4v) is 2.34. The van der Waals surface area contributed by atoms with E-state index in [0.717, 1.165) is 5.56 Å². The minimum absolute atomic E-state index is 0.365. The molecule has 0 radical (unpaired) electrons. The normalized spacial score (nSPS) is 14.2. The molecule has 0 bridgehead atoms. The molecule has 21 heavy (non-hydrogen) atoms. The van der Waals surface area contributed by atoms with Gasteiger partial charge >= 0.3 is 0 Å². The number of nitrogens with one attached hydrogen (secondary N) is 1. The van der Waals surface area contributed by atoms with Gasteiger partial charge in [0.2, 0.25) is 0 Å². The van der Waals surface area contributed by atoms with Gasteiger partial charge in [0.1, 0.15) is 17.4 Å². The van der Waals surface area contributed by atoms with Crippen molar-refractivity contribution in [3.8, 4) is 16.9 Å². The first-order valence-electron chi connectivity index (χ1n) is 7.03. The van der Waals surface area contributed by atoms with E-state index in [-0.39, 0.29) is 5.82 Å². The molecule has 1 fully saturated rings. The Bertz CT molecular complexity index is 653. The van der Waals surface area contributed by atoms with Crippen LogP contribution in [0.1, 0.15) is 18.4 Å². The summed E-state index contributed by atoms with van der Waals surface area (Å²) in [7, 11) is 1.49. The van der Waals surface area contributed by atoms with Gasteiger partial charge in [0.15, 0.2) is 0 Å². The molecule has 2 aromatic carbocycles. The number of rotatable bonds is 5. The Labute approximate surface area is 122 Å². The van der Waals surface area contributed by atoms with Gasteiger partial charge in [-0.1, -0.05) is 6.07 Å². The summed E-state index contributed by atoms with van der Waals surface area (Å²) >= 11 is 0. The first-order chi connectivity index (χ1) is 10.2. The lowest BCUT2D eigenvalue weighted by molar-refractivity contribution is 0.411. The fraction of sp³-hybridized carbons (Fsp3) is 0.294. The van der Waals surface area contributed by atoms with E-state index in [1.807, 2.05) is 0 Å². The Morgan fingerprint density at radius 3 is 2.57 bits per heavy atom. The topological polar surface area (TPSA) is 21.3 Å². The smallest absolute Gasteiger partial charge is 0.134 e. The maximum absolute atomic E-state index is 14.2. The molecule has 0 saturated heterocycles. The van der Waals surface area contributed by atoms with Crippen molar-refractivity contribution in [2.24, 2.45) is 0 Å². The van der Waals surface area contributed by atoms with E-state index in [2.05, 4.69) is 5.32 Å². The van der Waals surface area contributed by atoms with Crippen molar-refractivity contribution >= 4 is 0 Å². The molecular formula is C17H17F2NO. The van der Waals surface area contributed by atoms with Gasteiger partial charge in [0.05, 0.1) is 7.11 Å². The molecule has 0 atom stereocenters. The van der Waals surface area contributed by atoms with Crippen LogP contribution in [-0.4, -0.2) is 13.2 Å². The molecule has 0 spiro atoms. The predicted molar refractivity (Wildman–Crippen MR) is 78.2 cm³/mol. The summed E-state index contributed by atoms with van der Waals surface area (Å²) < 4.78 is 32.8. The van der Waals surface area contributed by atoms with E-state index in [9.17, 15) is 8.78 Å². The Kier molecular flexibility index (Phi) is 3.88. The second-order valence-electron chi connectivity index (χ2n) is 5.30. The van der Waals surface area contributed by atoms with Gasteiger partial charge in [-0.05, 0) is 48.2 Å². The zero-order valence-corrected chi connectivity index (χ0v) is 11.8. The van der Waals surface area contributed by atoms with Crippen molar-refractivity contribution in [1.29, 1.82) is 0 Å². The number of hydrogen-bond donors (Lipinski definition) is 1. The summed E-state index contributed by atoms with van der Waals surface area (Å²) in [6, 6.07) is 9.68. The number of ether oxygens (including phenoxy) is 1. The van der Waals surface area contributed by atoms with Crippen LogP contribution in [0.4, 0.5) is 8.78 Å². The highest BCUT2D eigenvalue weighted by molar-refractivity contribution is 5.68. The molecule has 2 aromatic rings. The van der Waals surface area contributed by atoms with Crippen molar-refractivity contribution in [2.75, 3.05) is 7.11 Å². The van der Waals surface area contributed by atoms with Crippen LogP contribution in [0.3, 0.4) is 0 Å². The Balaban J connectivity index is 1.96. The Morgan fingerprint density at radius 2 is 1.90 bits per heavy atom. The molecule has 2 nitrogen and oxygen atoms in total.